The Morgan fingerprint density at radius 2 is 1.95 bits per heavy atom. The lowest BCUT2D eigenvalue weighted by Gasteiger charge is -2.12. The fraction of sp³-hybridized carbons (Fsp3) is 0.250. The van der Waals surface area contributed by atoms with Crippen molar-refractivity contribution >= 4 is 34.0 Å². The summed E-state index contributed by atoms with van der Waals surface area (Å²) in [5, 5.41) is 3.39. The first-order valence-corrected chi connectivity index (χ1v) is 7.25. The average Bonchev–Trinajstić information content (AvgIpc) is 2.86. The zero-order valence-corrected chi connectivity index (χ0v) is 13.9. The second-order valence-electron chi connectivity index (χ2n) is 4.90. The minimum absolute atomic E-state index is 0. The van der Waals surface area contributed by atoms with Crippen LogP contribution >= 0.6 is 28.3 Å². The average molecular weight is 355 g/mol. The molecule has 2 aromatic carbocycles. The fourth-order valence-electron chi connectivity index (χ4n) is 2.46. The highest BCUT2D eigenvalue weighted by Crippen LogP contribution is 2.35. The Hall–Kier alpha value is -1.19. The molecule has 1 aliphatic heterocycles. The van der Waals surface area contributed by atoms with Crippen molar-refractivity contribution in [1.82, 2.24) is 0 Å². The molecule has 1 heterocycles. The van der Waals surface area contributed by atoms with Crippen molar-refractivity contribution in [2.45, 2.75) is 20.3 Å². The molecule has 3 rings (SSSR count). The van der Waals surface area contributed by atoms with Crippen molar-refractivity contribution in [2.75, 3.05) is 11.9 Å². The smallest absolute Gasteiger partial charge is 0.130 e. The molecule has 20 heavy (non-hydrogen) atoms. The molecule has 0 saturated carbocycles. The lowest BCUT2D eigenvalue weighted by atomic mass is 10.1. The minimum Gasteiger partial charge on any atom is -0.457 e. The minimum atomic E-state index is 0. The molecule has 0 fully saturated rings. The topological polar surface area (TPSA) is 21.3 Å². The van der Waals surface area contributed by atoms with Gasteiger partial charge in [-0.05, 0) is 67.3 Å². The first-order valence-electron chi connectivity index (χ1n) is 6.45. The second-order valence-corrected chi connectivity index (χ2v) is 5.76. The van der Waals surface area contributed by atoms with Crippen LogP contribution in [0.5, 0.6) is 11.5 Å². The molecule has 106 valence electrons. The first-order chi connectivity index (χ1) is 9.15. The molecule has 2 aromatic rings. The summed E-state index contributed by atoms with van der Waals surface area (Å²) < 4.78 is 7.13. The van der Waals surface area contributed by atoms with Crippen LogP contribution in [0.1, 0.15) is 16.7 Å². The molecular formula is C16H17BrClNO. The number of ether oxygens (including phenoxy) is 1. The van der Waals surface area contributed by atoms with Gasteiger partial charge in [0.15, 0.2) is 0 Å². The monoisotopic (exact) mass is 353 g/mol. The van der Waals surface area contributed by atoms with Crippen molar-refractivity contribution in [3.63, 3.8) is 0 Å². The van der Waals surface area contributed by atoms with Crippen LogP contribution in [-0.4, -0.2) is 6.54 Å². The predicted octanol–water partition coefficient (Wildman–Crippen LogP) is 5.25. The summed E-state index contributed by atoms with van der Waals surface area (Å²) in [6, 6.07) is 10.2. The zero-order valence-electron chi connectivity index (χ0n) is 11.5. The van der Waals surface area contributed by atoms with Gasteiger partial charge >= 0.3 is 0 Å². The summed E-state index contributed by atoms with van der Waals surface area (Å²) >= 11 is 3.51. The van der Waals surface area contributed by atoms with Crippen LogP contribution in [0.3, 0.4) is 0 Å². The third kappa shape index (κ3) is 2.79. The van der Waals surface area contributed by atoms with E-state index in [-0.39, 0.29) is 12.4 Å². The van der Waals surface area contributed by atoms with E-state index in [2.05, 4.69) is 47.2 Å². The van der Waals surface area contributed by atoms with Gasteiger partial charge in [-0.2, -0.15) is 0 Å². The molecule has 2 nitrogen and oxygen atoms in total. The quantitative estimate of drug-likeness (QED) is 0.795. The molecule has 0 unspecified atom stereocenters. The highest BCUT2D eigenvalue weighted by molar-refractivity contribution is 9.10. The van der Waals surface area contributed by atoms with E-state index in [1.54, 1.807) is 0 Å². The van der Waals surface area contributed by atoms with E-state index < -0.39 is 0 Å². The Kier molecular flexibility index (Phi) is 4.61. The van der Waals surface area contributed by atoms with Gasteiger partial charge in [0.2, 0.25) is 0 Å². The SMILES string of the molecule is Cc1cc(Oc2ccc3c(c2C)CCN3)ccc1Br.Cl. The van der Waals surface area contributed by atoms with Crippen LogP contribution in [-0.2, 0) is 6.42 Å². The van der Waals surface area contributed by atoms with Gasteiger partial charge in [0, 0.05) is 16.7 Å². The van der Waals surface area contributed by atoms with Crippen molar-refractivity contribution in [3.05, 3.63) is 51.5 Å². The van der Waals surface area contributed by atoms with Gasteiger partial charge in [-0.1, -0.05) is 15.9 Å². The van der Waals surface area contributed by atoms with Crippen molar-refractivity contribution in [2.24, 2.45) is 0 Å². The van der Waals surface area contributed by atoms with E-state index in [0.717, 1.165) is 28.9 Å². The summed E-state index contributed by atoms with van der Waals surface area (Å²) in [6.07, 6.45) is 1.08. The number of hydrogen-bond acceptors (Lipinski definition) is 2. The van der Waals surface area contributed by atoms with Crippen LogP contribution in [0.15, 0.2) is 34.8 Å². The van der Waals surface area contributed by atoms with E-state index in [1.807, 2.05) is 18.2 Å². The Bertz CT molecular complexity index is 643. The molecule has 4 heteroatoms. The van der Waals surface area contributed by atoms with Gasteiger partial charge in [-0.25, -0.2) is 0 Å². The number of benzene rings is 2. The van der Waals surface area contributed by atoms with Crippen LogP contribution in [0.25, 0.3) is 0 Å². The third-order valence-electron chi connectivity index (χ3n) is 3.60. The molecule has 0 spiro atoms. The number of anilines is 1. The van der Waals surface area contributed by atoms with Crippen LogP contribution in [0.2, 0.25) is 0 Å². The molecule has 0 atom stereocenters. The second kappa shape index (κ2) is 6.06. The predicted molar refractivity (Wildman–Crippen MR) is 89.6 cm³/mol. The van der Waals surface area contributed by atoms with Crippen LogP contribution in [0, 0.1) is 13.8 Å². The van der Waals surface area contributed by atoms with Crippen LogP contribution in [0.4, 0.5) is 5.69 Å². The summed E-state index contributed by atoms with van der Waals surface area (Å²) in [5.74, 6) is 1.83. The zero-order chi connectivity index (χ0) is 13.4. The van der Waals surface area contributed by atoms with Crippen molar-refractivity contribution < 1.29 is 4.74 Å². The van der Waals surface area contributed by atoms with Crippen molar-refractivity contribution in [3.8, 4) is 11.5 Å². The normalized spacial score (nSPS) is 12.3. The maximum absolute atomic E-state index is 6.02. The van der Waals surface area contributed by atoms with Gasteiger partial charge in [-0.15, -0.1) is 12.4 Å². The van der Waals surface area contributed by atoms with Gasteiger partial charge in [-0.3, -0.25) is 0 Å². The number of hydrogen-bond donors (Lipinski definition) is 1. The van der Waals surface area contributed by atoms with E-state index >= 15 is 0 Å². The number of rotatable bonds is 2. The van der Waals surface area contributed by atoms with E-state index in [0.29, 0.717) is 0 Å². The summed E-state index contributed by atoms with van der Waals surface area (Å²) in [5.41, 5.74) is 5.05. The molecule has 0 aromatic heterocycles. The van der Waals surface area contributed by atoms with E-state index in [4.69, 9.17) is 4.74 Å². The fourth-order valence-corrected chi connectivity index (χ4v) is 2.71. The number of aryl methyl sites for hydroxylation is 1. The van der Waals surface area contributed by atoms with E-state index in [1.165, 1.54) is 22.4 Å². The third-order valence-corrected chi connectivity index (χ3v) is 4.49. The van der Waals surface area contributed by atoms with E-state index in [9.17, 15) is 0 Å². The number of nitrogens with one attached hydrogen (secondary N) is 1. The molecule has 0 bridgehead atoms. The van der Waals surface area contributed by atoms with Gasteiger partial charge in [0.25, 0.3) is 0 Å². The lowest BCUT2D eigenvalue weighted by molar-refractivity contribution is 0.478. The number of halogens is 2. The summed E-state index contributed by atoms with van der Waals surface area (Å²) in [7, 11) is 0. The molecule has 0 amide bonds. The highest BCUT2D eigenvalue weighted by Gasteiger charge is 2.15. The van der Waals surface area contributed by atoms with Gasteiger partial charge < -0.3 is 10.1 Å². The standard InChI is InChI=1S/C16H16BrNO.ClH/c1-10-9-12(3-4-14(10)17)19-16-6-5-15-13(11(16)2)7-8-18-15;/h3-6,9,18H,7-8H2,1-2H3;1H. The molecule has 1 aliphatic rings. The highest BCUT2D eigenvalue weighted by atomic mass is 79.9. The Balaban J connectivity index is 0.00000147. The Morgan fingerprint density at radius 1 is 1.15 bits per heavy atom. The lowest BCUT2D eigenvalue weighted by Crippen LogP contribution is -1.92. The molecule has 1 N–H and O–H groups in total. The summed E-state index contributed by atoms with van der Waals surface area (Å²) in [6.45, 7) is 5.22. The molecule has 0 saturated heterocycles. The molecule has 0 radical (unpaired) electrons. The van der Waals surface area contributed by atoms with Crippen LogP contribution < -0.4 is 10.1 Å². The first kappa shape index (κ1) is 15.2. The molecular weight excluding hydrogens is 338 g/mol. The van der Waals surface area contributed by atoms with Crippen molar-refractivity contribution in [1.29, 1.82) is 0 Å². The largest absolute Gasteiger partial charge is 0.457 e. The molecule has 0 aliphatic carbocycles. The Labute approximate surface area is 134 Å². The van der Waals surface area contributed by atoms with Gasteiger partial charge in [0.1, 0.15) is 11.5 Å². The van der Waals surface area contributed by atoms with Gasteiger partial charge in [0.05, 0.1) is 0 Å². The number of fused-ring (bicyclic) bond motifs is 1. The Morgan fingerprint density at radius 3 is 2.70 bits per heavy atom. The maximum atomic E-state index is 6.02. The maximum Gasteiger partial charge on any atom is 0.130 e. The summed E-state index contributed by atoms with van der Waals surface area (Å²) in [4.78, 5) is 0.